The summed E-state index contributed by atoms with van der Waals surface area (Å²) in [6, 6.07) is 17.8. The van der Waals surface area contributed by atoms with Crippen LogP contribution in [0.15, 0.2) is 54.6 Å². The number of benzene rings is 2. The van der Waals surface area contributed by atoms with Crippen LogP contribution in [0.25, 0.3) is 0 Å². The van der Waals surface area contributed by atoms with Crippen molar-refractivity contribution < 1.29 is 9.53 Å². The molecule has 0 spiro atoms. The van der Waals surface area contributed by atoms with Crippen molar-refractivity contribution in [2.45, 2.75) is 26.8 Å². The van der Waals surface area contributed by atoms with E-state index in [1.165, 1.54) is 5.56 Å². The molecule has 0 aromatic heterocycles. The molecule has 2 N–H and O–H groups in total. The Balaban J connectivity index is 1.89. The molecule has 1 atom stereocenters. The molecule has 4 heteroatoms. The van der Waals surface area contributed by atoms with Crippen molar-refractivity contribution >= 4 is 11.6 Å². The van der Waals surface area contributed by atoms with Gasteiger partial charge in [-0.3, -0.25) is 4.79 Å². The van der Waals surface area contributed by atoms with E-state index in [2.05, 4.69) is 36.6 Å². The average molecular weight is 326 g/mol. The molecule has 1 amide bonds. The summed E-state index contributed by atoms with van der Waals surface area (Å²) in [5.74, 6) is 1.14. The second-order valence-corrected chi connectivity index (χ2v) is 6.02. The zero-order valence-corrected chi connectivity index (χ0v) is 14.6. The lowest BCUT2D eigenvalue weighted by molar-refractivity contribution is -0.115. The normalized spacial score (nSPS) is 12.0. The quantitative estimate of drug-likeness (QED) is 0.770. The SMILES string of the molecule is CCOc1ccc(NC(=O)CN[C@H](c2ccccc2)C(C)C)cc1. The predicted octanol–water partition coefficient (Wildman–Crippen LogP) is 4.01. The lowest BCUT2D eigenvalue weighted by atomic mass is 9.96. The summed E-state index contributed by atoms with van der Waals surface area (Å²) in [7, 11) is 0. The van der Waals surface area contributed by atoms with Crippen molar-refractivity contribution in [1.82, 2.24) is 5.32 Å². The summed E-state index contributed by atoms with van der Waals surface area (Å²) in [6.45, 7) is 7.14. The molecule has 0 radical (unpaired) electrons. The van der Waals surface area contributed by atoms with Gasteiger partial charge < -0.3 is 15.4 Å². The van der Waals surface area contributed by atoms with E-state index in [0.717, 1.165) is 11.4 Å². The number of carbonyl (C=O) groups excluding carboxylic acids is 1. The van der Waals surface area contributed by atoms with Crippen LogP contribution >= 0.6 is 0 Å². The predicted molar refractivity (Wildman–Crippen MR) is 98.3 cm³/mol. The van der Waals surface area contributed by atoms with Gasteiger partial charge in [-0.15, -0.1) is 0 Å². The van der Waals surface area contributed by atoms with Gasteiger partial charge in [0.25, 0.3) is 0 Å². The van der Waals surface area contributed by atoms with Crippen molar-refractivity contribution in [2.75, 3.05) is 18.5 Å². The molecule has 2 rings (SSSR count). The summed E-state index contributed by atoms with van der Waals surface area (Å²) in [4.78, 5) is 12.2. The molecule has 128 valence electrons. The maximum absolute atomic E-state index is 12.2. The molecule has 0 aliphatic carbocycles. The van der Waals surface area contributed by atoms with E-state index in [4.69, 9.17) is 4.74 Å². The van der Waals surface area contributed by atoms with Crippen LogP contribution in [0.3, 0.4) is 0 Å². The van der Waals surface area contributed by atoms with Gasteiger partial charge in [0.05, 0.1) is 13.2 Å². The van der Waals surface area contributed by atoms with Gasteiger partial charge >= 0.3 is 0 Å². The van der Waals surface area contributed by atoms with E-state index in [1.54, 1.807) is 0 Å². The summed E-state index contributed by atoms with van der Waals surface area (Å²) in [5.41, 5.74) is 1.97. The Morgan fingerprint density at radius 3 is 2.29 bits per heavy atom. The molecule has 0 aliphatic heterocycles. The van der Waals surface area contributed by atoms with E-state index in [-0.39, 0.29) is 18.5 Å². The Morgan fingerprint density at radius 1 is 1.04 bits per heavy atom. The molecule has 0 fully saturated rings. The third-order valence-corrected chi connectivity index (χ3v) is 3.76. The molecular formula is C20H26N2O2. The summed E-state index contributed by atoms with van der Waals surface area (Å²) in [6.07, 6.45) is 0. The van der Waals surface area contributed by atoms with Crippen LogP contribution in [-0.2, 0) is 4.79 Å². The number of nitrogens with one attached hydrogen (secondary N) is 2. The van der Waals surface area contributed by atoms with Gasteiger partial charge in [0.1, 0.15) is 5.75 Å². The number of rotatable bonds is 8. The highest BCUT2D eigenvalue weighted by molar-refractivity contribution is 5.92. The molecule has 24 heavy (non-hydrogen) atoms. The molecule has 4 nitrogen and oxygen atoms in total. The van der Waals surface area contributed by atoms with Crippen molar-refractivity contribution in [1.29, 1.82) is 0 Å². The Bertz CT molecular complexity index is 624. The van der Waals surface area contributed by atoms with Crippen LogP contribution in [0, 0.1) is 5.92 Å². The maximum Gasteiger partial charge on any atom is 0.238 e. The van der Waals surface area contributed by atoms with Gasteiger partial charge in [0.15, 0.2) is 0 Å². The first-order chi connectivity index (χ1) is 11.6. The first kappa shape index (κ1) is 18.0. The molecule has 2 aromatic rings. The van der Waals surface area contributed by atoms with Crippen molar-refractivity contribution in [3.05, 3.63) is 60.2 Å². The number of anilines is 1. The van der Waals surface area contributed by atoms with Crippen LogP contribution in [-0.4, -0.2) is 19.1 Å². The highest BCUT2D eigenvalue weighted by Gasteiger charge is 2.16. The summed E-state index contributed by atoms with van der Waals surface area (Å²) < 4.78 is 5.40. The topological polar surface area (TPSA) is 50.4 Å². The zero-order chi connectivity index (χ0) is 17.4. The lowest BCUT2D eigenvalue weighted by Gasteiger charge is -2.22. The molecule has 0 aliphatic rings. The monoisotopic (exact) mass is 326 g/mol. The largest absolute Gasteiger partial charge is 0.494 e. The van der Waals surface area contributed by atoms with E-state index in [1.807, 2.05) is 49.4 Å². The number of hydrogen-bond acceptors (Lipinski definition) is 3. The lowest BCUT2D eigenvalue weighted by Crippen LogP contribution is -2.33. The van der Waals surface area contributed by atoms with Gasteiger partial charge in [-0.2, -0.15) is 0 Å². The minimum absolute atomic E-state index is 0.0549. The van der Waals surface area contributed by atoms with E-state index in [0.29, 0.717) is 12.5 Å². The molecule has 0 saturated carbocycles. The Kier molecular flexibility index (Phi) is 6.82. The highest BCUT2D eigenvalue weighted by atomic mass is 16.5. The van der Waals surface area contributed by atoms with Gasteiger partial charge in [0, 0.05) is 11.7 Å². The standard InChI is InChI=1S/C20H26N2O2/c1-4-24-18-12-10-17(11-13-18)22-19(23)14-21-20(15(2)3)16-8-6-5-7-9-16/h5-13,15,20-21H,4,14H2,1-3H3,(H,22,23)/t20-/m0/s1. The molecule has 0 bridgehead atoms. The van der Waals surface area contributed by atoms with Crippen LogP contribution < -0.4 is 15.4 Å². The van der Waals surface area contributed by atoms with Gasteiger partial charge in [-0.1, -0.05) is 44.2 Å². The van der Waals surface area contributed by atoms with Crippen molar-refractivity contribution in [2.24, 2.45) is 5.92 Å². The van der Waals surface area contributed by atoms with Crippen LogP contribution in [0.5, 0.6) is 5.75 Å². The second-order valence-electron chi connectivity index (χ2n) is 6.02. The Labute approximate surface area is 144 Å². The Hall–Kier alpha value is -2.33. The average Bonchev–Trinajstić information content (AvgIpc) is 2.58. The first-order valence-corrected chi connectivity index (χ1v) is 8.41. The van der Waals surface area contributed by atoms with E-state index >= 15 is 0 Å². The highest BCUT2D eigenvalue weighted by Crippen LogP contribution is 2.21. The second kappa shape index (κ2) is 9.08. The molecular weight excluding hydrogens is 300 g/mol. The fraction of sp³-hybridized carbons (Fsp3) is 0.350. The minimum atomic E-state index is -0.0549. The Morgan fingerprint density at radius 2 is 1.71 bits per heavy atom. The molecule has 0 heterocycles. The smallest absolute Gasteiger partial charge is 0.238 e. The zero-order valence-electron chi connectivity index (χ0n) is 14.6. The summed E-state index contributed by atoms with van der Waals surface area (Å²) in [5, 5.41) is 6.25. The van der Waals surface area contributed by atoms with Gasteiger partial charge in [-0.25, -0.2) is 0 Å². The van der Waals surface area contributed by atoms with E-state index < -0.39 is 0 Å². The third kappa shape index (κ3) is 5.39. The summed E-state index contributed by atoms with van der Waals surface area (Å²) >= 11 is 0. The number of ether oxygens (including phenoxy) is 1. The molecule has 2 aromatic carbocycles. The number of hydrogen-bond donors (Lipinski definition) is 2. The third-order valence-electron chi connectivity index (χ3n) is 3.76. The van der Waals surface area contributed by atoms with Gasteiger partial charge in [-0.05, 0) is 42.7 Å². The molecule has 0 unspecified atom stereocenters. The van der Waals surface area contributed by atoms with Crippen LogP contribution in [0.4, 0.5) is 5.69 Å². The first-order valence-electron chi connectivity index (χ1n) is 8.41. The molecule has 0 saturated heterocycles. The van der Waals surface area contributed by atoms with Crippen molar-refractivity contribution in [3.63, 3.8) is 0 Å². The van der Waals surface area contributed by atoms with Crippen LogP contribution in [0.1, 0.15) is 32.4 Å². The van der Waals surface area contributed by atoms with E-state index in [9.17, 15) is 4.79 Å². The fourth-order valence-corrected chi connectivity index (χ4v) is 2.61. The van der Waals surface area contributed by atoms with Gasteiger partial charge in [0.2, 0.25) is 5.91 Å². The number of amides is 1. The number of carbonyl (C=O) groups is 1. The minimum Gasteiger partial charge on any atom is -0.494 e. The maximum atomic E-state index is 12.2. The van der Waals surface area contributed by atoms with Crippen molar-refractivity contribution in [3.8, 4) is 5.75 Å². The van der Waals surface area contributed by atoms with Crippen LogP contribution in [0.2, 0.25) is 0 Å². The fourth-order valence-electron chi connectivity index (χ4n) is 2.61.